The first-order chi connectivity index (χ1) is 8.16. The molecule has 1 saturated heterocycles. The summed E-state index contributed by atoms with van der Waals surface area (Å²) in [4.78, 5) is 11.8. The Bertz CT molecular complexity index is 390. The predicted octanol–water partition coefficient (Wildman–Crippen LogP) is 1.67. The van der Waals surface area contributed by atoms with Gasteiger partial charge in [-0.1, -0.05) is 12.1 Å². The van der Waals surface area contributed by atoms with Crippen LogP contribution < -0.4 is 10.6 Å². The SMILES string of the molecule is CC(NC(=O)C1CSCN1)c1ccc(F)cc1. The average Bonchev–Trinajstić information content (AvgIpc) is 2.83. The molecule has 0 bridgehead atoms. The molecule has 1 aliphatic rings. The molecule has 0 aromatic heterocycles. The van der Waals surface area contributed by atoms with Gasteiger partial charge in [0.1, 0.15) is 5.82 Å². The lowest BCUT2D eigenvalue weighted by atomic mass is 10.1. The summed E-state index contributed by atoms with van der Waals surface area (Å²) in [7, 11) is 0. The third-order valence-electron chi connectivity index (χ3n) is 2.76. The van der Waals surface area contributed by atoms with Gasteiger partial charge in [0.05, 0.1) is 12.1 Å². The van der Waals surface area contributed by atoms with Gasteiger partial charge in [-0.15, -0.1) is 11.8 Å². The van der Waals surface area contributed by atoms with E-state index in [1.165, 1.54) is 12.1 Å². The van der Waals surface area contributed by atoms with E-state index in [0.29, 0.717) is 0 Å². The van der Waals surface area contributed by atoms with E-state index in [4.69, 9.17) is 0 Å². The zero-order chi connectivity index (χ0) is 12.3. The number of halogens is 1. The summed E-state index contributed by atoms with van der Waals surface area (Å²) < 4.78 is 12.8. The molecular weight excluding hydrogens is 239 g/mol. The van der Waals surface area contributed by atoms with Crippen LogP contribution in [0.2, 0.25) is 0 Å². The van der Waals surface area contributed by atoms with Gasteiger partial charge in [-0.05, 0) is 24.6 Å². The number of nitrogens with one attached hydrogen (secondary N) is 2. The Morgan fingerprint density at radius 3 is 2.82 bits per heavy atom. The van der Waals surface area contributed by atoms with Gasteiger partial charge >= 0.3 is 0 Å². The normalized spacial score (nSPS) is 21.2. The van der Waals surface area contributed by atoms with E-state index in [0.717, 1.165) is 17.2 Å². The maximum Gasteiger partial charge on any atom is 0.238 e. The van der Waals surface area contributed by atoms with Gasteiger partial charge in [0.2, 0.25) is 5.91 Å². The first-order valence-corrected chi connectivity index (χ1v) is 6.69. The van der Waals surface area contributed by atoms with Crippen LogP contribution in [0.1, 0.15) is 18.5 Å². The second-order valence-electron chi connectivity index (χ2n) is 4.05. The molecule has 1 fully saturated rings. The molecule has 1 aliphatic heterocycles. The summed E-state index contributed by atoms with van der Waals surface area (Å²) in [6.07, 6.45) is 0. The van der Waals surface area contributed by atoms with E-state index < -0.39 is 0 Å². The molecule has 17 heavy (non-hydrogen) atoms. The lowest BCUT2D eigenvalue weighted by Crippen LogP contribution is -2.42. The Kier molecular flexibility index (Phi) is 4.02. The first-order valence-electron chi connectivity index (χ1n) is 5.54. The van der Waals surface area contributed by atoms with Crippen molar-refractivity contribution >= 4 is 17.7 Å². The van der Waals surface area contributed by atoms with Crippen LogP contribution in [0.25, 0.3) is 0 Å². The number of benzene rings is 1. The molecule has 1 aromatic carbocycles. The van der Waals surface area contributed by atoms with Crippen LogP contribution in [0.4, 0.5) is 4.39 Å². The Morgan fingerprint density at radius 1 is 1.53 bits per heavy atom. The van der Waals surface area contributed by atoms with Gasteiger partial charge in [-0.2, -0.15) is 0 Å². The van der Waals surface area contributed by atoms with Gasteiger partial charge in [0, 0.05) is 11.6 Å². The summed E-state index contributed by atoms with van der Waals surface area (Å²) in [5.74, 6) is 1.37. The molecule has 2 atom stereocenters. The lowest BCUT2D eigenvalue weighted by Gasteiger charge is -2.17. The molecule has 1 amide bonds. The van der Waals surface area contributed by atoms with Crippen molar-refractivity contribution in [1.82, 2.24) is 10.6 Å². The lowest BCUT2D eigenvalue weighted by molar-refractivity contribution is -0.123. The second-order valence-corrected chi connectivity index (χ2v) is 5.08. The fraction of sp³-hybridized carbons (Fsp3) is 0.417. The average molecular weight is 254 g/mol. The molecule has 2 N–H and O–H groups in total. The number of rotatable bonds is 3. The highest BCUT2D eigenvalue weighted by molar-refractivity contribution is 7.99. The van der Waals surface area contributed by atoms with E-state index in [1.807, 2.05) is 6.92 Å². The van der Waals surface area contributed by atoms with Crippen molar-refractivity contribution in [3.05, 3.63) is 35.6 Å². The Balaban J connectivity index is 1.93. The van der Waals surface area contributed by atoms with Crippen LogP contribution in [0, 0.1) is 5.82 Å². The first kappa shape index (κ1) is 12.4. The largest absolute Gasteiger partial charge is 0.348 e. The van der Waals surface area contributed by atoms with E-state index in [-0.39, 0.29) is 23.8 Å². The van der Waals surface area contributed by atoms with E-state index in [9.17, 15) is 9.18 Å². The van der Waals surface area contributed by atoms with E-state index in [1.54, 1.807) is 23.9 Å². The Labute approximate surface area is 104 Å². The van der Waals surface area contributed by atoms with Crippen LogP contribution >= 0.6 is 11.8 Å². The minimum Gasteiger partial charge on any atom is -0.348 e. The second kappa shape index (κ2) is 5.51. The summed E-state index contributed by atoms with van der Waals surface area (Å²) in [5, 5.41) is 6.03. The van der Waals surface area contributed by atoms with Crippen molar-refractivity contribution in [3.63, 3.8) is 0 Å². The summed E-state index contributed by atoms with van der Waals surface area (Å²) >= 11 is 1.71. The number of carbonyl (C=O) groups is 1. The minimum absolute atomic E-state index is 0.00632. The topological polar surface area (TPSA) is 41.1 Å². The van der Waals surface area contributed by atoms with Crippen molar-refractivity contribution in [1.29, 1.82) is 0 Å². The smallest absolute Gasteiger partial charge is 0.238 e. The van der Waals surface area contributed by atoms with Crippen LogP contribution in [0.5, 0.6) is 0 Å². The van der Waals surface area contributed by atoms with Gasteiger partial charge < -0.3 is 5.32 Å². The molecule has 0 saturated carbocycles. The summed E-state index contributed by atoms with van der Waals surface area (Å²) in [5.41, 5.74) is 0.908. The molecule has 0 radical (unpaired) electrons. The number of carbonyl (C=O) groups excluding carboxylic acids is 1. The number of amides is 1. The standard InChI is InChI=1S/C12H15FN2OS/c1-8(9-2-4-10(13)5-3-9)15-12(16)11-6-17-7-14-11/h2-5,8,11,14H,6-7H2,1H3,(H,15,16). The van der Waals surface area contributed by atoms with Crippen molar-refractivity contribution in [2.45, 2.75) is 19.0 Å². The maximum absolute atomic E-state index is 12.8. The van der Waals surface area contributed by atoms with Crippen molar-refractivity contribution in [2.24, 2.45) is 0 Å². The highest BCUT2D eigenvalue weighted by Gasteiger charge is 2.23. The van der Waals surface area contributed by atoms with Crippen LogP contribution in [-0.2, 0) is 4.79 Å². The number of hydrogen-bond donors (Lipinski definition) is 2. The minimum atomic E-state index is -0.263. The monoisotopic (exact) mass is 254 g/mol. The molecule has 5 heteroatoms. The third-order valence-corrected chi connectivity index (χ3v) is 3.70. The third kappa shape index (κ3) is 3.20. The van der Waals surface area contributed by atoms with Crippen molar-refractivity contribution in [3.8, 4) is 0 Å². The van der Waals surface area contributed by atoms with Crippen molar-refractivity contribution < 1.29 is 9.18 Å². The molecule has 0 spiro atoms. The molecular formula is C12H15FN2OS. The zero-order valence-electron chi connectivity index (χ0n) is 9.57. The Morgan fingerprint density at radius 2 is 2.24 bits per heavy atom. The zero-order valence-corrected chi connectivity index (χ0v) is 10.4. The van der Waals surface area contributed by atoms with Gasteiger partial charge in [-0.3, -0.25) is 10.1 Å². The number of hydrogen-bond acceptors (Lipinski definition) is 3. The maximum atomic E-state index is 12.8. The summed E-state index contributed by atoms with van der Waals surface area (Å²) in [6.45, 7) is 1.90. The summed E-state index contributed by atoms with van der Waals surface area (Å²) in [6, 6.07) is 5.98. The van der Waals surface area contributed by atoms with Crippen LogP contribution in [0.3, 0.4) is 0 Å². The highest BCUT2D eigenvalue weighted by atomic mass is 32.2. The molecule has 1 heterocycles. The molecule has 2 rings (SSSR count). The van der Waals surface area contributed by atoms with Gasteiger partial charge in [0.15, 0.2) is 0 Å². The molecule has 0 aliphatic carbocycles. The van der Waals surface area contributed by atoms with Crippen LogP contribution in [0.15, 0.2) is 24.3 Å². The van der Waals surface area contributed by atoms with E-state index >= 15 is 0 Å². The number of thioether (sulfide) groups is 1. The highest BCUT2D eigenvalue weighted by Crippen LogP contribution is 2.15. The molecule has 3 nitrogen and oxygen atoms in total. The molecule has 92 valence electrons. The van der Waals surface area contributed by atoms with Gasteiger partial charge in [-0.25, -0.2) is 4.39 Å². The predicted molar refractivity (Wildman–Crippen MR) is 67.2 cm³/mol. The van der Waals surface area contributed by atoms with Gasteiger partial charge in [0.25, 0.3) is 0 Å². The van der Waals surface area contributed by atoms with Crippen molar-refractivity contribution in [2.75, 3.05) is 11.6 Å². The van der Waals surface area contributed by atoms with Crippen LogP contribution in [-0.4, -0.2) is 23.6 Å². The fourth-order valence-electron chi connectivity index (χ4n) is 1.71. The quantitative estimate of drug-likeness (QED) is 0.862. The Hall–Kier alpha value is -1.07. The molecule has 2 unspecified atom stereocenters. The fourth-order valence-corrected chi connectivity index (χ4v) is 2.65. The molecule has 1 aromatic rings. The van der Waals surface area contributed by atoms with E-state index in [2.05, 4.69) is 10.6 Å².